The zero-order chi connectivity index (χ0) is 12.0. The van der Waals surface area contributed by atoms with E-state index in [2.05, 4.69) is 25.8 Å². The fourth-order valence-corrected chi connectivity index (χ4v) is 2.04. The highest BCUT2D eigenvalue weighted by Crippen LogP contribution is 2.15. The number of ether oxygens (including phenoxy) is 2. The summed E-state index contributed by atoms with van der Waals surface area (Å²) in [7, 11) is 5.33. The second-order valence-electron chi connectivity index (χ2n) is 3.49. The van der Waals surface area contributed by atoms with Crippen LogP contribution in [-0.2, 0) is 4.74 Å². The lowest BCUT2D eigenvalue weighted by atomic mass is 10.3. The average molecular weight is 289 g/mol. The highest BCUT2D eigenvalue weighted by atomic mass is 79.9. The van der Waals surface area contributed by atoms with Crippen LogP contribution in [-0.4, -0.2) is 44.2 Å². The van der Waals surface area contributed by atoms with Gasteiger partial charge in [-0.15, -0.1) is 0 Å². The monoisotopic (exact) mass is 288 g/mol. The summed E-state index contributed by atoms with van der Waals surface area (Å²) in [4.78, 5) is 6.67. The van der Waals surface area contributed by atoms with Gasteiger partial charge < -0.3 is 14.4 Å². The molecule has 0 spiro atoms. The second-order valence-corrected chi connectivity index (χ2v) is 4.78. The zero-order valence-electron chi connectivity index (χ0n) is 9.81. The van der Waals surface area contributed by atoms with Crippen LogP contribution < -0.4 is 9.64 Å². The predicted octanol–water partition coefficient (Wildman–Crippen LogP) is 1.94. The average Bonchev–Trinajstić information content (AvgIpc) is 2.29. The highest BCUT2D eigenvalue weighted by molar-refractivity contribution is 9.09. The van der Waals surface area contributed by atoms with Crippen LogP contribution in [0.1, 0.15) is 0 Å². The number of hydrogen-bond donors (Lipinski definition) is 0. The van der Waals surface area contributed by atoms with Crippen LogP contribution in [0.15, 0.2) is 18.3 Å². The molecule has 1 heterocycles. The van der Waals surface area contributed by atoms with Crippen LogP contribution in [0.4, 0.5) is 5.82 Å². The van der Waals surface area contributed by atoms with Crippen molar-refractivity contribution in [2.45, 2.75) is 4.83 Å². The van der Waals surface area contributed by atoms with Crippen molar-refractivity contribution in [1.29, 1.82) is 0 Å². The van der Waals surface area contributed by atoms with Crippen LogP contribution in [0.2, 0.25) is 0 Å². The van der Waals surface area contributed by atoms with E-state index in [0.29, 0.717) is 11.4 Å². The molecule has 5 heteroatoms. The third kappa shape index (κ3) is 3.98. The van der Waals surface area contributed by atoms with E-state index in [-0.39, 0.29) is 0 Å². The summed E-state index contributed by atoms with van der Waals surface area (Å²) >= 11 is 3.54. The van der Waals surface area contributed by atoms with Crippen LogP contribution in [0.25, 0.3) is 0 Å². The van der Waals surface area contributed by atoms with E-state index >= 15 is 0 Å². The largest absolute Gasteiger partial charge is 0.495 e. The molecule has 0 saturated heterocycles. The maximum Gasteiger partial charge on any atom is 0.137 e. The maximum absolute atomic E-state index is 5.06. The molecule has 1 unspecified atom stereocenters. The summed E-state index contributed by atoms with van der Waals surface area (Å²) < 4.78 is 10.1. The fraction of sp³-hybridized carbons (Fsp3) is 0.545. The van der Waals surface area contributed by atoms with Gasteiger partial charge in [0.15, 0.2) is 0 Å². The number of anilines is 1. The van der Waals surface area contributed by atoms with Gasteiger partial charge in [-0.2, -0.15) is 0 Å². The molecule has 0 aliphatic rings. The summed E-state index contributed by atoms with van der Waals surface area (Å²) in [5.41, 5.74) is 0. The summed E-state index contributed by atoms with van der Waals surface area (Å²) in [6, 6.07) is 3.84. The van der Waals surface area contributed by atoms with Crippen molar-refractivity contribution < 1.29 is 9.47 Å². The number of nitrogens with zero attached hydrogens (tertiary/aromatic N) is 2. The molecule has 90 valence electrons. The molecule has 0 saturated carbocycles. The third-order valence-electron chi connectivity index (χ3n) is 2.17. The van der Waals surface area contributed by atoms with E-state index in [1.54, 1.807) is 20.4 Å². The lowest BCUT2D eigenvalue weighted by molar-refractivity contribution is 0.201. The molecule has 4 nitrogen and oxygen atoms in total. The van der Waals surface area contributed by atoms with Gasteiger partial charge in [0.2, 0.25) is 0 Å². The van der Waals surface area contributed by atoms with Crippen molar-refractivity contribution in [2.24, 2.45) is 0 Å². The van der Waals surface area contributed by atoms with Crippen LogP contribution in [0.3, 0.4) is 0 Å². The Morgan fingerprint density at radius 2 is 2.19 bits per heavy atom. The minimum atomic E-state index is 0.298. The Morgan fingerprint density at radius 3 is 2.69 bits per heavy atom. The Balaban J connectivity index is 2.55. The molecule has 0 N–H and O–H groups in total. The van der Waals surface area contributed by atoms with Gasteiger partial charge >= 0.3 is 0 Å². The zero-order valence-corrected chi connectivity index (χ0v) is 11.4. The first-order valence-electron chi connectivity index (χ1n) is 5.01. The van der Waals surface area contributed by atoms with E-state index in [1.165, 1.54) is 0 Å². The first-order valence-corrected chi connectivity index (χ1v) is 5.93. The van der Waals surface area contributed by atoms with Gasteiger partial charge in [0.1, 0.15) is 11.6 Å². The molecule has 16 heavy (non-hydrogen) atoms. The molecular formula is C11H17BrN2O2. The molecule has 0 aliphatic carbocycles. The van der Waals surface area contributed by atoms with Gasteiger partial charge in [0.25, 0.3) is 0 Å². The van der Waals surface area contributed by atoms with Gasteiger partial charge in [-0.1, -0.05) is 15.9 Å². The molecule has 0 radical (unpaired) electrons. The minimum absolute atomic E-state index is 0.298. The van der Waals surface area contributed by atoms with E-state index in [9.17, 15) is 0 Å². The standard InChI is InChI=1S/C11H17BrN2O2/c1-14(7-9(12)8-15-2)11-5-4-10(16-3)6-13-11/h4-6,9H,7-8H2,1-3H3. The second kappa shape index (κ2) is 6.70. The quantitative estimate of drug-likeness (QED) is 0.750. The highest BCUT2D eigenvalue weighted by Gasteiger charge is 2.09. The van der Waals surface area contributed by atoms with Crippen molar-refractivity contribution in [1.82, 2.24) is 4.98 Å². The van der Waals surface area contributed by atoms with Crippen molar-refractivity contribution in [2.75, 3.05) is 39.3 Å². The number of halogens is 1. The smallest absolute Gasteiger partial charge is 0.137 e. The predicted molar refractivity (Wildman–Crippen MR) is 68.7 cm³/mol. The molecule has 0 aliphatic heterocycles. The van der Waals surface area contributed by atoms with Crippen molar-refractivity contribution >= 4 is 21.7 Å². The molecule has 1 rings (SSSR count). The summed E-state index contributed by atoms with van der Waals surface area (Å²) in [5, 5.41) is 0. The molecule has 0 bridgehead atoms. The van der Waals surface area contributed by atoms with E-state index in [4.69, 9.17) is 9.47 Å². The Bertz CT molecular complexity index is 305. The van der Waals surface area contributed by atoms with Crippen LogP contribution in [0, 0.1) is 0 Å². The Labute approximate surface area is 105 Å². The molecule has 1 aromatic rings. The van der Waals surface area contributed by atoms with Gasteiger partial charge in [0, 0.05) is 20.7 Å². The summed E-state index contributed by atoms with van der Waals surface area (Å²) in [6.45, 7) is 1.52. The molecular weight excluding hydrogens is 272 g/mol. The van der Waals surface area contributed by atoms with E-state index < -0.39 is 0 Å². The Hall–Kier alpha value is -0.810. The maximum atomic E-state index is 5.06. The first kappa shape index (κ1) is 13.3. The van der Waals surface area contributed by atoms with Crippen molar-refractivity contribution in [3.8, 4) is 5.75 Å². The lowest BCUT2D eigenvalue weighted by Crippen LogP contribution is -2.28. The third-order valence-corrected chi connectivity index (χ3v) is 2.72. The number of aromatic nitrogens is 1. The topological polar surface area (TPSA) is 34.6 Å². The Kier molecular flexibility index (Phi) is 5.55. The molecule has 0 fully saturated rings. The number of pyridine rings is 1. The van der Waals surface area contributed by atoms with Gasteiger partial charge in [-0.3, -0.25) is 0 Å². The van der Waals surface area contributed by atoms with Crippen LogP contribution in [0.5, 0.6) is 5.75 Å². The number of methoxy groups -OCH3 is 2. The lowest BCUT2D eigenvalue weighted by Gasteiger charge is -2.21. The fourth-order valence-electron chi connectivity index (χ4n) is 1.34. The van der Waals surface area contributed by atoms with E-state index in [0.717, 1.165) is 18.1 Å². The van der Waals surface area contributed by atoms with Crippen molar-refractivity contribution in [3.63, 3.8) is 0 Å². The van der Waals surface area contributed by atoms with Crippen LogP contribution >= 0.6 is 15.9 Å². The molecule has 0 aromatic carbocycles. The van der Waals surface area contributed by atoms with Gasteiger partial charge in [-0.25, -0.2) is 4.98 Å². The Morgan fingerprint density at radius 1 is 1.44 bits per heavy atom. The number of rotatable bonds is 6. The van der Waals surface area contributed by atoms with Crippen molar-refractivity contribution in [3.05, 3.63) is 18.3 Å². The van der Waals surface area contributed by atoms with E-state index in [1.807, 2.05) is 19.2 Å². The normalized spacial score (nSPS) is 12.2. The SMILES string of the molecule is COCC(Br)CN(C)c1ccc(OC)cn1. The first-order chi connectivity index (χ1) is 7.67. The molecule has 0 amide bonds. The van der Waals surface area contributed by atoms with Gasteiger partial charge in [0.05, 0.1) is 24.7 Å². The van der Waals surface area contributed by atoms with Gasteiger partial charge in [-0.05, 0) is 12.1 Å². The summed E-state index contributed by atoms with van der Waals surface area (Å²) in [5.74, 6) is 1.69. The number of hydrogen-bond acceptors (Lipinski definition) is 4. The summed E-state index contributed by atoms with van der Waals surface area (Å²) in [6.07, 6.45) is 1.71. The molecule has 1 aromatic heterocycles. The number of alkyl halides is 1. The minimum Gasteiger partial charge on any atom is -0.495 e. The molecule has 1 atom stereocenters.